The molecule has 2 atom stereocenters. The van der Waals surface area contributed by atoms with Crippen LogP contribution in [0.15, 0.2) is 72.8 Å². The summed E-state index contributed by atoms with van der Waals surface area (Å²) in [4.78, 5) is 4.63. The van der Waals surface area contributed by atoms with Crippen molar-refractivity contribution in [3.8, 4) is 0 Å². The van der Waals surface area contributed by atoms with Crippen LogP contribution in [0.2, 0.25) is 20.1 Å². The predicted octanol–water partition coefficient (Wildman–Crippen LogP) is 11.4. The Morgan fingerprint density at radius 2 is 1.05 bits per heavy atom. The van der Waals surface area contributed by atoms with Crippen molar-refractivity contribution in [2.24, 2.45) is 0 Å². The minimum Gasteiger partial charge on any atom is -0.385 e. The topological polar surface area (TPSA) is 58.2 Å². The molecular weight excluding hydrogens is 798 g/mol. The van der Waals surface area contributed by atoms with Gasteiger partial charge in [-0.1, -0.05) is 82.8 Å². The van der Waals surface area contributed by atoms with E-state index < -0.39 is 0 Å². The van der Waals surface area contributed by atoms with Crippen LogP contribution in [0, 0.1) is 0 Å². The summed E-state index contributed by atoms with van der Waals surface area (Å²) < 4.78 is 18.6. The lowest BCUT2D eigenvalue weighted by Gasteiger charge is -2.34. The highest BCUT2D eigenvalue weighted by Gasteiger charge is 2.30. The molecule has 2 N–H and O–H groups in total. The fourth-order valence-corrected chi connectivity index (χ4v) is 9.24. The van der Waals surface area contributed by atoms with E-state index in [0.717, 1.165) is 78.1 Å². The number of hydrogen-bond donors (Lipinski definition) is 2. The summed E-state index contributed by atoms with van der Waals surface area (Å²) in [6.07, 6.45) is 1.63. The molecule has 0 bridgehead atoms. The van der Waals surface area contributed by atoms with Crippen molar-refractivity contribution in [1.82, 2.24) is 9.80 Å². The number of fused-ring (bicyclic) bond motifs is 2. The molecule has 0 aliphatic carbocycles. The summed E-state index contributed by atoms with van der Waals surface area (Å²) >= 11 is 26.2. The van der Waals surface area contributed by atoms with Gasteiger partial charge in [-0.25, -0.2) is 0 Å². The summed E-state index contributed by atoms with van der Waals surface area (Å²) in [7, 11) is 4.27. The molecule has 0 radical (unpaired) electrons. The van der Waals surface area contributed by atoms with E-state index in [0.29, 0.717) is 43.0 Å². The highest BCUT2D eigenvalue weighted by Crippen LogP contribution is 2.42. The van der Waals surface area contributed by atoms with E-state index >= 15 is 0 Å². The molecule has 2 unspecified atom stereocenters. The number of benzene rings is 4. The van der Waals surface area contributed by atoms with E-state index in [9.17, 15) is 0 Å². The fourth-order valence-electron chi connectivity index (χ4n) is 8.10. The zero-order valence-corrected chi connectivity index (χ0v) is 37.2. The second-order valence-electron chi connectivity index (χ2n) is 16.8. The van der Waals surface area contributed by atoms with Crippen LogP contribution in [0.1, 0.15) is 85.8 Å². The second kappa shape index (κ2) is 19.7. The molecule has 4 aromatic carbocycles. The van der Waals surface area contributed by atoms with Gasteiger partial charge in [-0.2, -0.15) is 0 Å². The molecule has 0 saturated heterocycles. The van der Waals surface area contributed by atoms with Crippen LogP contribution < -0.4 is 10.6 Å². The van der Waals surface area contributed by atoms with Crippen LogP contribution in [0.3, 0.4) is 0 Å². The standard InChI is InChI=1S/C46H58Cl4N4O3/c1-45(2,15-17-51-43-13-9-7-11-33(43)37-27-53(5)29-39-35(37)23-31(47)25-41(39)49)56-19-16-46(3,4)57-22-21-55-20-18-52-44-14-10-8-12-34(44)38-28-54(6)30-40-36(38)24-32(48)26-42(40)50/h7-14,23-26,37-38,51-52H,15-22,27-30H2,1-6H3. The Bertz CT molecular complexity index is 1970. The van der Waals surface area contributed by atoms with Crippen molar-refractivity contribution in [2.75, 3.05) is 77.3 Å². The zero-order chi connectivity index (χ0) is 40.7. The molecule has 11 heteroatoms. The molecule has 4 aromatic rings. The summed E-state index contributed by atoms with van der Waals surface area (Å²) in [5.74, 6) is 0.336. The van der Waals surface area contributed by atoms with Crippen LogP contribution >= 0.6 is 46.4 Å². The molecule has 6 rings (SSSR count). The van der Waals surface area contributed by atoms with Crippen LogP contribution in [0.4, 0.5) is 11.4 Å². The lowest BCUT2D eigenvalue weighted by atomic mass is 9.84. The van der Waals surface area contributed by atoms with Gasteiger partial charge in [-0.05, 0) is 124 Å². The molecule has 0 spiro atoms. The Balaban J connectivity index is 0.903. The average molecular weight is 857 g/mol. The molecule has 308 valence electrons. The van der Waals surface area contributed by atoms with E-state index in [2.05, 4.69) is 123 Å². The maximum absolute atomic E-state index is 6.66. The molecule has 0 fully saturated rings. The zero-order valence-electron chi connectivity index (χ0n) is 34.2. The Labute approximate surface area is 360 Å². The number of anilines is 2. The normalized spacial score (nSPS) is 17.6. The molecule has 0 aromatic heterocycles. The van der Waals surface area contributed by atoms with Gasteiger partial charge in [0.25, 0.3) is 0 Å². The molecule has 2 heterocycles. The number of hydrogen-bond acceptors (Lipinski definition) is 7. The van der Waals surface area contributed by atoms with E-state index in [1.165, 1.54) is 22.3 Å². The highest BCUT2D eigenvalue weighted by atomic mass is 35.5. The summed E-state index contributed by atoms with van der Waals surface area (Å²) in [6, 6.07) is 24.9. The van der Waals surface area contributed by atoms with Crippen LogP contribution in [0.25, 0.3) is 0 Å². The largest absolute Gasteiger partial charge is 0.385 e. The van der Waals surface area contributed by atoms with Crippen molar-refractivity contribution >= 4 is 57.8 Å². The minimum atomic E-state index is -0.335. The van der Waals surface area contributed by atoms with Gasteiger partial charge in [-0.15, -0.1) is 0 Å². The number of likely N-dealkylation sites (N-methyl/N-ethyl adjacent to an activating group) is 2. The van der Waals surface area contributed by atoms with Gasteiger partial charge in [0.1, 0.15) is 0 Å². The maximum Gasteiger partial charge on any atom is 0.0707 e. The molecule has 57 heavy (non-hydrogen) atoms. The van der Waals surface area contributed by atoms with Crippen LogP contribution in [-0.4, -0.2) is 87.7 Å². The van der Waals surface area contributed by atoms with E-state index in [-0.39, 0.29) is 23.0 Å². The summed E-state index contributed by atoms with van der Waals surface area (Å²) in [6.45, 7) is 15.6. The molecule has 2 aliphatic heterocycles. The minimum absolute atomic E-state index is 0.165. The number of para-hydroxylation sites is 2. The van der Waals surface area contributed by atoms with Crippen molar-refractivity contribution in [3.63, 3.8) is 0 Å². The van der Waals surface area contributed by atoms with Gasteiger partial charge >= 0.3 is 0 Å². The molecule has 7 nitrogen and oxygen atoms in total. The van der Waals surface area contributed by atoms with Crippen LogP contribution in [-0.2, 0) is 27.3 Å². The Hall–Kier alpha value is -2.56. The number of rotatable bonds is 18. The van der Waals surface area contributed by atoms with Gasteiger partial charge in [-0.3, -0.25) is 0 Å². The van der Waals surface area contributed by atoms with E-state index in [4.69, 9.17) is 60.6 Å². The summed E-state index contributed by atoms with van der Waals surface area (Å²) in [5.41, 5.74) is 8.78. The Kier molecular flexibility index (Phi) is 15.2. The van der Waals surface area contributed by atoms with E-state index in [1.807, 2.05) is 12.1 Å². The average Bonchev–Trinajstić information content (AvgIpc) is 3.15. The third kappa shape index (κ3) is 11.8. The van der Waals surface area contributed by atoms with Crippen molar-refractivity contribution < 1.29 is 14.2 Å². The number of nitrogens with zero attached hydrogens (tertiary/aromatic N) is 2. The lowest BCUT2D eigenvalue weighted by molar-refractivity contribution is -0.0834. The van der Waals surface area contributed by atoms with Crippen molar-refractivity contribution in [1.29, 1.82) is 0 Å². The Morgan fingerprint density at radius 1 is 0.579 bits per heavy atom. The first kappa shape index (κ1) is 44.0. The first-order valence-electron chi connectivity index (χ1n) is 20.0. The first-order valence-corrected chi connectivity index (χ1v) is 21.5. The molecular formula is C46H58Cl4N4O3. The Morgan fingerprint density at radius 3 is 1.60 bits per heavy atom. The number of halogens is 4. The quantitative estimate of drug-likeness (QED) is 0.0967. The SMILES string of the molecule is CN1Cc2c(Cl)cc(Cl)cc2C(c2ccccc2NCCOCCOC(C)(C)CCOC(C)(C)CCNc2ccccc2C2CN(C)Cc3c(Cl)cc(Cl)cc32)C1. The smallest absolute Gasteiger partial charge is 0.0707 e. The first-order chi connectivity index (χ1) is 27.2. The fraction of sp³-hybridized carbons (Fsp3) is 0.478. The van der Waals surface area contributed by atoms with Crippen molar-refractivity contribution in [3.05, 3.63) is 126 Å². The summed E-state index contributed by atoms with van der Waals surface area (Å²) in [5, 5.41) is 10.1. The molecule has 0 saturated carbocycles. The van der Waals surface area contributed by atoms with E-state index in [1.54, 1.807) is 0 Å². The third-order valence-electron chi connectivity index (χ3n) is 11.2. The molecule has 0 amide bonds. The van der Waals surface area contributed by atoms with Crippen LogP contribution in [0.5, 0.6) is 0 Å². The number of ether oxygens (including phenoxy) is 3. The van der Waals surface area contributed by atoms with Gasteiger partial charge in [0, 0.05) is 82.6 Å². The van der Waals surface area contributed by atoms with Gasteiger partial charge < -0.3 is 34.6 Å². The van der Waals surface area contributed by atoms with Gasteiger partial charge in [0.05, 0.1) is 37.6 Å². The maximum atomic E-state index is 6.66. The monoisotopic (exact) mass is 854 g/mol. The lowest BCUT2D eigenvalue weighted by Crippen LogP contribution is -2.33. The highest BCUT2D eigenvalue weighted by molar-refractivity contribution is 6.35. The third-order valence-corrected chi connectivity index (χ3v) is 12.3. The number of nitrogens with one attached hydrogen (secondary N) is 2. The second-order valence-corrected chi connectivity index (χ2v) is 18.5. The van der Waals surface area contributed by atoms with Gasteiger partial charge in [0.15, 0.2) is 0 Å². The predicted molar refractivity (Wildman–Crippen MR) is 239 cm³/mol. The molecule has 2 aliphatic rings. The van der Waals surface area contributed by atoms with Gasteiger partial charge in [0.2, 0.25) is 0 Å². The van der Waals surface area contributed by atoms with Crippen molar-refractivity contribution in [2.45, 2.75) is 76.7 Å².